The van der Waals surface area contributed by atoms with Gasteiger partial charge < -0.3 is 15.4 Å². The van der Waals surface area contributed by atoms with Crippen molar-refractivity contribution in [3.63, 3.8) is 0 Å². The quantitative estimate of drug-likeness (QED) is 0.617. The van der Waals surface area contributed by atoms with E-state index in [2.05, 4.69) is 36.4 Å². The molecule has 150 valence electrons. The number of halogens is 2. The number of hydrogen-bond acceptors (Lipinski definition) is 2. The van der Waals surface area contributed by atoms with Crippen LogP contribution in [-0.4, -0.2) is 38.3 Å². The molecule has 0 aromatic heterocycles. The van der Waals surface area contributed by atoms with E-state index in [0.717, 1.165) is 26.0 Å². The van der Waals surface area contributed by atoms with Gasteiger partial charge in [0.15, 0.2) is 5.96 Å². The van der Waals surface area contributed by atoms with Crippen LogP contribution in [0.4, 0.5) is 8.78 Å². The summed E-state index contributed by atoms with van der Waals surface area (Å²) in [4.78, 5) is 4.28. The van der Waals surface area contributed by atoms with Gasteiger partial charge in [0.05, 0.1) is 6.10 Å². The lowest BCUT2D eigenvalue weighted by molar-refractivity contribution is -0.0835. The second-order valence-electron chi connectivity index (χ2n) is 8.74. The van der Waals surface area contributed by atoms with Crippen LogP contribution in [0.3, 0.4) is 0 Å². The third-order valence-electron chi connectivity index (χ3n) is 5.54. The van der Waals surface area contributed by atoms with Crippen LogP contribution in [0.1, 0.15) is 51.5 Å². The van der Waals surface area contributed by atoms with E-state index in [0.29, 0.717) is 18.3 Å². The molecule has 1 aliphatic heterocycles. The SMILES string of the molecule is CN=C(NCC1CCCOC1C(C)(C)C)NC1CC1c1c(F)cccc1F. The van der Waals surface area contributed by atoms with Crippen LogP contribution in [0, 0.1) is 23.0 Å². The summed E-state index contributed by atoms with van der Waals surface area (Å²) in [5.74, 6) is -0.00174. The highest BCUT2D eigenvalue weighted by molar-refractivity contribution is 5.80. The summed E-state index contributed by atoms with van der Waals surface area (Å²) in [6.07, 6.45) is 3.11. The third kappa shape index (κ3) is 4.78. The van der Waals surface area contributed by atoms with Crippen LogP contribution in [0.2, 0.25) is 0 Å². The molecule has 1 aliphatic carbocycles. The van der Waals surface area contributed by atoms with E-state index in [1.807, 2.05) is 0 Å². The third-order valence-corrected chi connectivity index (χ3v) is 5.54. The minimum Gasteiger partial charge on any atom is -0.377 e. The van der Waals surface area contributed by atoms with E-state index in [1.165, 1.54) is 18.2 Å². The normalized spacial score (nSPS) is 28.7. The largest absolute Gasteiger partial charge is 0.377 e. The maximum Gasteiger partial charge on any atom is 0.191 e. The lowest BCUT2D eigenvalue weighted by atomic mass is 9.78. The van der Waals surface area contributed by atoms with E-state index in [4.69, 9.17) is 4.74 Å². The van der Waals surface area contributed by atoms with Crippen LogP contribution in [0.15, 0.2) is 23.2 Å². The van der Waals surface area contributed by atoms with Gasteiger partial charge in [-0.3, -0.25) is 4.99 Å². The summed E-state index contributed by atoms with van der Waals surface area (Å²) < 4.78 is 33.9. The van der Waals surface area contributed by atoms with Crippen molar-refractivity contribution < 1.29 is 13.5 Å². The van der Waals surface area contributed by atoms with Gasteiger partial charge in [0.2, 0.25) is 0 Å². The predicted molar refractivity (Wildman–Crippen MR) is 104 cm³/mol. The summed E-state index contributed by atoms with van der Waals surface area (Å²) in [6.45, 7) is 8.22. The Balaban J connectivity index is 1.55. The van der Waals surface area contributed by atoms with Crippen molar-refractivity contribution in [1.29, 1.82) is 0 Å². The fourth-order valence-electron chi connectivity index (χ4n) is 4.15. The van der Waals surface area contributed by atoms with Crippen molar-refractivity contribution in [3.05, 3.63) is 35.4 Å². The van der Waals surface area contributed by atoms with E-state index in [-0.39, 0.29) is 29.0 Å². The van der Waals surface area contributed by atoms with Gasteiger partial charge in [-0.2, -0.15) is 0 Å². The van der Waals surface area contributed by atoms with Crippen LogP contribution in [-0.2, 0) is 4.74 Å². The molecule has 1 saturated heterocycles. The summed E-state index contributed by atoms with van der Waals surface area (Å²) in [6, 6.07) is 4.04. The standard InChI is InChI=1S/C21H31F2N3O/c1-21(2,3)19-13(7-6-10-27-19)12-25-20(24-4)26-17-11-14(17)18-15(22)8-5-9-16(18)23/h5,8-9,13-14,17,19H,6-7,10-12H2,1-4H3,(H2,24,25,26). The number of nitrogens with one attached hydrogen (secondary N) is 2. The molecule has 1 aromatic carbocycles. The molecule has 1 aromatic rings. The highest BCUT2D eigenvalue weighted by Crippen LogP contribution is 2.43. The molecule has 2 aliphatic rings. The van der Waals surface area contributed by atoms with E-state index in [9.17, 15) is 8.78 Å². The molecular weight excluding hydrogens is 348 g/mol. The molecular formula is C21H31F2N3O. The zero-order chi connectivity index (χ0) is 19.6. The summed E-state index contributed by atoms with van der Waals surface area (Å²) in [5.41, 5.74) is 0.271. The highest BCUT2D eigenvalue weighted by atomic mass is 19.1. The molecule has 0 radical (unpaired) electrons. The van der Waals surface area contributed by atoms with Gasteiger partial charge in [-0.15, -0.1) is 0 Å². The molecule has 4 atom stereocenters. The highest BCUT2D eigenvalue weighted by Gasteiger charge is 2.42. The predicted octanol–water partition coefficient (Wildman–Crippen LogP) is 3.83. The molecule has 0 amide bonds. The lowest BCUT2D eigenvalue weighted by Crippen LogP contribution is -2.48. The van der Waals surface area contributed by atoms with Gasteiger partial charge in [0.25, 0.3) is 0 Å². The molecule has 4 unspecified atom stereocenters. The number of ether oxygens (including phenoxy) is 1. The zero-order valence-corrected chi connectivity index (χ0v) is 16.7. The van der Waals surface area contributed by atoms with Gasteiger partial charge in [-0.05, 0) is 36.8 Å². The van der Waals surface area contributed by atoms with Gasteiger partial charge in [0.1, 0.15) is 11.6 Å². The Morgan fingerprint density at radius 2 is 1.96 bits per heavy atom. The van der Waals surface area contributed by atoms with Gasteiger partial charge in [0, 0.05) is 43.6 Å². The first-order valence-electron chi connectivity index (χ1n) is 9.84. The van der Waals surface area contributed by atoms with E-state index >= 15 is 0 Å². The second-order valence-corrected chi connectivity index (χ2v) is 8.74. The number of guanidine groups is 1. The maximum absolute atomic E-state index is 14.0. The van der Waals surface area contributed by atoms with Crippen molar-refractivity contribution in [1.82, 2.24) is 10.6 Å². The van der Waals surface area contributed by atoms with E-state index < -0.39 is 11.6 Å². The van der Waals surface area contributed by atoms with Gasteiger partial charge >= 0.3 is 0 Å². The molecule has 4 nitrogen and oxygen atoms in total. The molecule has 2 fully saturated rings. The van der Waals surface area contributed by atoms with Crippen molar-refractivity contribution in [2.75, 3.05) is 20.2 Å². The van der Waals surface area contributed by atoms with Crippen LogP contribution in [0.5, 0.6) is 0 Å². The monoisotopic (exact) mass is 379 g/mol. The zero-order valence-electron chi connectivity index (χ0n) is 16.7. The van der Waals surface area contributed by atoms with Crippen LogP contribution in [0.25, 0.3) is 0 Å². The number of nitrogens with zero attached hydrogens (tertiary/aromatic N) is 1. The molecule has 6 heteroatoms. The van der Waals surface area contributed by atoms with Crippen LogP contribution < -0.4 is 10.6 Å². The Morgan fingerprint density at radius 1 is 1.26 bits per heavy atom. The molecule has 1 saturated carbocycles. The molecule has 27 heavy (non-hydrogen) atoms. The summed E-state index contributed by atoms with van der Waals surface area (Å²) >= 11 is 0. The van der Waals surface area contributed by atoms with E-state index in [1.54, 1.807) is 7.05 Å². The summed E-state index contributed by atoms with van der Waals surface area (Å²) in [5, 5.41) is 6.69. The second kappa shape index (κ2) is 8.13. The number of rotatable bonds is 4. The molecule has 0 bridgehead atoms. The fourth-order valence-corrected chi connectivity index (χ4v) is 4.15. The molecule has 1 heterocycles. The molecule has 0 spiro atoms. The van der Waals surface area contributed by atoms with Crippen molar-refractivity contribution in [2.24, 2.45) is 16.3 Å². The Labute approximate surface area is 160 Å². The molecule has 3 rings (SSSR count). The Kier molecular flexibility index (Phi) is 6.04. The Morgan fingerprint density at radius 3 is 2.59 bits per heavy atom. The van der Waals surface area contributed by atoms with Gasteiger partial charge in [-0.25, -0.2) is 8.78 Å². The van der Waals surface area contributed by atoms with Crippen molar-refractivity contribution in [2.45, 2.75) is 58.1 Å². The maximum atomic E-state index is 14.0. The van der Waals surface area contributed by atoms with Gasteiger partial charge in [-0.1, -0.05) is 26.8 Å². The lowest BCUT2D eigenvalue weighted by Gasteiger charge is -2.40. The first-order valence-corrected chi connectivity index (χ1v) is 9.84. The van der Waals surface area contributed by atoms with Crippen LogP contribution >= 0.6 is 0 Å². The minimum atomic E-state index is -0.473. The molecule has 2 N–H and O–H groups in total. The first kappa shape index (κ1) is 20.1. The minimum absolute atomic E-state index is 0.00335. The Bertz CT molecular complexity index is 666. The first-order chi connectivity index (χ1) is 12.8. The average Bonchev–Trinajstić information content (AvgIpc) is 3.36. The number of hydrogen-bond donors (Lipinski definition) is 2. The smallest absolute Gasteiger partial charge is 0.191 e. The van der Waals surface area contributed by atoms with Crippen molar-refractivity contribution >= 4 is 5.96 Å². The fraction of sp³-hybridized carbons (Fsp3) is 0.667. The van der Waals surface area contributed by atoms with Crippen molar-refractivity contribution in [3.8, 4) is 0 Å². The topological polar surface area (TPSA) is 45.7 Å². The average molecular weight is 379 g/mol. The Hall–Kier alpha value is -1.69. The number of aliphatic imine (C=N–C) groups is 1. The number of benzene rings is 1. The summed E-state index contributed by atoms with van der Waals surface area (Å²) in [7, 11) is 1.72.